The van der Waals surface area contributed by atoms with Crippen molar-refractivity contribution >= 4 is 44.8 Å². The van der Waals surface area contributed by atoms with E-state index in [2.05, 4.69) is 5.32 Å². The lowest BCUT2D eigenvalue weighted by Crippen LogP contribution is -2.35. The first kappa shape index (κ1) is 19.2. The molecular weight excluding hydrogens is 395 g/mol. The first-order chi connectivity index (χ1) is 12.4. The summed E-state index contributed by atoms with van der Waals surface area (Å²) in [6.07, 6.45) is 2.80. The van der Waals surface area contributed by atoms with Crippen LogP contribution >= 0.6 is 23.2 Å². The highest BCUT2D eigenvalue weighted by Gasteiger charge is 2.25. The molecule has 0 radical (unpaired) electrons. The molecule has 0 aromatic heterocycles. The Hall–Kier alpha value is -1.60. The van der Waals surface area contributed by atoms with Gasteiger partial charge in [0.25, 0.3) is 5.91 Å². The van der Waals surface area contributed by atoms with Gasteiger partial charge in [-0.05, 0) is 55.3 Å². The Morgan fingerprint density at radius 2 is 1.62 bits per heavy atom. The number of carbonyl (C=O) groups is 1. The van der Waals surface area contributed by atoms with E-state index >= 15 is 0 Å². The van der Waals surface area contributed by atoms with Crippen LogP contribution in [0.15, 0.2) is 47.4 Å². The van der Waals surface area contributed by atoms with Gasteiger partial charge >= 0.3 is 0 Å². The van der Waals surface area contributed by atoms with Crippen LogP contribution < -0.4 is 5.32 Å². The van der Waals surface area contributed by atoms with Gasteiger partial charge in [-0.3, -0.25) is 4.79 Å². The van der Waals surface area contributed by atoms with Crippen LogP contribution in [0.3, 0.4) is 0 Å². The third kappa shape index (κ3) is 4.20. The van der Waals surface area contributed by atoms with Crippen molar-refractivity contribution in [2.24, 2.45) is 0 Å². The minimum absolute atomic E-state index is 0.191. The first-order valence-corrected chi connectivity index (χ1v) is 10.4. The number of nitrogens with zero attached hydrogens (tertiary/aromatic N) is 1. The molecule has 0 unspecified atom stereocenters. The summed E-state index contributed by atoms with van der Waals surface area (Å²) < 4.78 is 26.8. The number of anilines is 1. The summed E-state index contributed by atoms with van der Waals surface area (Å²) >= 11 is 12.0. The van der Waals surface area contributed by atoms with Crippen molar-refractivity contribution < 1.29 is 13.2 Å². The van der Waals surface area contributed by atoms with Crippen LogP contribution in [0, 0.1) is 0 Å². The van der Waals surface area contributed by atoms with Crippen molar-refractivity contribution in [3.8, 4) is 0 Å². The molecule has 26 heavy (non-hydrogen) atoms. The SMILES string of the molecule is O=C(Nc1cc(Cl)ccc1Cl)c1ccc(S(=O)(=O)N2CCCCC2)cc1. The maximum absolute atomic E-state index is 12.6. The van der Waals surface area contributed by atoms with E-state index in [-0.39, 0.29) is 4.90 Å². The molecule has 2 aromatic rings. The molecule has 3 rings (SSSR count). The lowest BCUT2D eigenvalue weighted by atomic mass is 10.2. The Labute approximate surface area is 163 Å². The number of rotatable bonds is 4. The summed E-state index contributed by atoms with van der Waals surface area (Å²) in [6, 6.07) is 10.7. The Balaban J connectivity index is 1.76. The number of amides is 1. The van der Waals surface area contributed by atoms with E-state index in [9.17, 15) is 13.2 Å². The molecule has 1 N–H and O–H groups in total. The molecule has 1 aliphatic heterocycles. The van der Waals surface area contributed by atoms with E-state index in [1.165, 1.54) is 28.6 Å². The summed E-state index contributed by atoms with van der Waals surface area (Å²) in [7, 11) is -3.51. The summed E-state index contributed by atoms with van der Waals surface area (Å²) in [6.45, 7) is 1.08. The number of hydrogen-bond donors (Lipinski definition) is 1. The summed E-state index contributed by atoms with van der Waals surface area (Å²) in [5.74, 6) is -0.393. The molecular formula is C18H18Cl2N2O3S. The smallest absolute Gasteiger partial charge is 0.255 e. The Morgan fingerprint density at radius 3 is 2.27 bits per heavy atom. The van der Waals surface area contributed by atoms with E-state index in [0.717, 1.165) is 19.3 Å². The molecule has 0 bridgehead atoms. The Bertz CT molecular complexity index is 909. The lowest BCUT2D eigenvalue weighted by Gasteiger charge is -2.25. The van der Waals surface area contributed by atoms with Crippen LogP contribution in [-0.2, 0) is 10.0 Å². The average molecular weight is 413 g/mol. The van der Waals surface area contributed by atoms with E-state index in [1.54, 1.807) is 18.2 Å². The van der Waals surface area contributed by atoms with Crippen LogP contribution in [-0.4, -0.2) is 31.7 Å². The molecule has 0 atom stereocenters. The fraction of sp³-hybridized carbons (Fsp3) is 0.278. The van der Waals surface area contributed by atoms with Gasteiger partial charge in [0.2, 0.25) is 10.0 Å². The van der Waals surface area contributed by atoms with Gasteiger partial charge in [-0.15, -0.1) is 0 Å². The average Bonchev–Trinajstić information content (AvgIpc) is 2.65. The van der Waals surface area contributed by atoms with Gasteiger partial charge in [0.05, 0.1) is 15.6 Å². The van der Waals surface area contributed by atoms with Crippen molar-refractivity contribution in [3.05, 3.63) is 58.1 Å². The molecule has 5 nitrogen and oxygen atoms in total. The zero-order valence-corrected chi connectivity index (χ0v) is 16.2. The molecule has 1 saturated heterocycles. The van der Waals surface area contributed by atoms with Crippen molar-refractivity contribution in [1.82, 2.24) is 4.31 Å². The van der Waals surface area contributed by atoms with E-state index in [0.29, 0.717) is 34.4 Å². The van der Waals surface area contributed by atoms with Gasteiger partial charge in [0, 0.05) is 23.7 Å². The second-order valence-electron chi connectivity index (χ2n) is 6.07. The van der Waals surface area contributed by atoms with Gasteiger partial charge in [0.1, 0.15) is 0 Å². The minimum atomic E-state index is -3.51. The fourth-order valence-corrected chi connectivity index (χ4v) is 4.67. The predicted octanol–water partition coefficient (Wildman–Crippen LogP) is 4.42. The Kier molecular flexibility index (Phi) is 5.87. The fourth-order valence-electron chi connectivity index (χ4n) is 2.82. The molecule has 1 heterocycles. The highest BCUT2D eigenvalue weighted by molar-refractivity contribution is 7.89. The van der Waals surface area contributed by atoms with E-state index < -0.39 is 15.9 Å². The molecule has 0 aliphatic carbocycles. The molecule has 1 aliphatic rings. The van der Waals surface area contributed by atoms with Crippen LogP contribution in [0.5, 0.6) is 0 Å². The zero-order chi connectivity index (χ0) is 18.7. The summed E-state index contributed by atoms with van der Waals surface area (Å²) in [5, 5.41) is 3.49. The van der Waals surface area contributed by atoms with Gasteiger partial charge in [-0.2, -0.15) is 4.31 Å². The second kappa shape index (κ2) is 7.96. The largest absolute Gasteiger partial charge is 0.321 e. The second-order valence-corrected chi connectivity index (χ2v) is 8.85. The molecule has 1 fully saturated rings. The predicted molar refractivity (Wildman–Crippen MR) is 103 cm³/mol. The van der Waals surface area contributed by atoms with Crippen molar-refractivity contribution in [2.45, 2.75) is 24.2 Å². The summed E-state index contributed by atoms with van der Waals surface area (Å²) in [5.41, 5.74) is 0.729. The van der Waals surface area contributed by atoms with Crippen molar-refractivity contribution in [2.75, 3.05) is 18.4 Å². The number of carbonyl (C=O) groups excluding carboxylic acids is 1. The summed E-state index contributed by atoms with van der Waals surface area (Å²) in [4.78, 5) is 12.6. The topological polar surface area (TPSA) is 66.5 Å². The van der Waals surface area contributed by atoms with Crippen molar-refractivity contribution in [1.29, 1.82) is 0 Å². The maximum Gasteiger partial charge on any atom is 0.255 e. The first-order valence-electron chi connectivity index (χ1n) is 8.24. The van der Waals surface area contributed by atoms with Crippen LogP contribution in [0.4, 0.5) is 5.69 Å². The van der Waals surface area contributed by atoms with Gasteiger partial charge in [-0.25, -0.2) is 8.42 Å². The Morgan fingerprint density at radius 1 is 0.962 bits per heavy atom. The minimum Gasteiger partial charge on any atom is -0.321 e. The standard InChI is InChI=1S/C18H18Cl2N2O3S/c19-14-6-9-16(20)17(12-14)21-18(23)13-4-7-15(8-5-13)26(24,25)22-10-2-1-3-11-22/h4-9,12H,1-3,10-11H2,(H,21,23). The monoisotopic (exact) mass is 412 g/mol. The highest BCUT2D eigenvalue weighted by Crippen LogP contribution is 2.26. The number of halogens is 2. The molecule has 0 saturated carbocycles. The molecule has 0 spiro atoms. The molecule has 138 valence electrons. The van der Waals surface area contributed by atoms with Gasteiger partial charge in [-0.1, -0.05) is 29.6 Å². The maximum atomic E-state index is 12.6. The molecule has 2 aromatic carbocycles. The number of hydrogen-bond acceptors (Lipinski definition) is 3. The number of nitrogens with one attached hydrogen (secondary N) is 1. The molecule has 8 heteroatoms. The van der Waals surface area contributed by atoms with Gasteiger partial charge in [0.15, 0.2) is 0 Å². The van der Waals surface area contributed by atoms with Crippen LogP contribution in [0.1, 0.15) is 29.6 Å². The van der Waals surface area contributed by atoms with Crippen LogP contribution in [0.25, 0.3) is 0 Å². The third-order valence-electron chi connectivity index (χ3n) is 4.25. The number of piperidine rings is 1. The lowest BCUT2D eigenvalue weighted by molar-refractivity contribution is 0.102. The quantitative estimate of drug-likeness (QED) is 0.807. The third-order valence-corrected chi connectivity index (χ3v) is 6.72. The highest BCUT2D eigenvalue weighted by atomic mass is 35.5. The molecule has 1 amide bonds. The van der Waals surface area contributed by atoms with Gasteiger partial charge < -0.3 is 5.32 Å². The van der Waals surface area contributed by atoms with Crippen molar-refractivity contribution in [3.63, 3.8) is 0 Å². The van der Waals surface area contributed by atoms with E-state index in [1.807, 2.05) is 0 Å². The zero-order valence-electron chi connectivity index (χ0n) is 13.9. The number of sulfonamides is 1. The number of benzene rings is 2. The van der Waals surface area contributed by atoms with Crippen LogP contribution in [0.2, 0.25) is 10.0 Å². The normalized spacial score (nSPS) is 15.6. The van der Waals surface area contributed by atoms with E-state index in [4.69, 9.17) is 23.2 Å².